The van der Waals surface area contributed by atoms with Gasteiger partial charge in [-0.05, 0) is 12.1 Å². The minimum Gasteiger partial charge on any atom is -0.491 e. The van der Waals surface area contributed by atoms with Gasteiger partial charge in [0.2, 0.25) is 0 Å². The van der Waals surface area contributed by atoms with E-state index in [0.717, 1.165) is 12.0 Å². The zero-order valence-corrected chi connectivity index (χ0v) is 11.6. The third-order valence-electron chi connectivity index (χ3n) is 3.23. The molecule has 1 aromatic heterocycles. The molecule has 0 bridgehead atoms. The summed E-state index contributed by atoms with van der Waals surface area (Å²) in [6.45, 7) is 0.591. The first-order valence-electron chi connectivity index (χ1n) is 6.10. The minimum absolute atomic E-state index is 0.307. The fourth-order valence-corrected chi connectivity index (χ4v) is 2.41. The lowest BCUT2D eigenvalue weighted by molar-refractivity contribution is 0.102. The first-order chi connectivity index (χ1) is 9.56. The molecule has 3 N–H and O–H groups in total. The first kappa shape index (κ1) is 12.8. The highest BCUT2D eigenvalue weighted by molar-refractivity contribution is 6.31. The van der Waals surface area contributed by atoms with Gasteiger partial charge in [-0.2, -0.15) is 5.10 Å². The molecule has 0 atom stereocenters. The largest absolute Gasteiger partial charge is 0.491 e. The van der Waals surface area contributed by atoms with Crippen molar-refractivity contribution in [2.75, 3.05) is 17.7 Å². The Bertz CT molecular complexity index is 696. The Morgan fingerprint density at radius 1 is 1.55 bits per heavy atom. The number of halogens is 1. The fourth-order valence-electron chi connectivity index (χ4n) is 2.17. The Labute approximate surface area is 120 Å². The predicted octanol–water partition coefficient (Wildman–Crippen LogP) is 1.84. The number of carbonyl (C=O) groups excluding carboxylic acids is 1. The van der Waals surface area contributed by atoms with E-state index in [1.165, 1.54) is 10.9 Å². The molecule has 1 aromatic carbocycles. The van der Waals surface area contributed by atoms with Crippen molar-refractivity contribution in [1.82, 2.24) is 9.78 Å². The average Bonchev–Trinajstić information content (AvgIpc) is 2.97. The molecule has 0 fully saturated rings. The molecule has 1 aliphatic rings. The SMILES string of the molecule is Cn1ncc(C(=O)Nc2cc(Cl)cc3c2OCC3)c1N. The molecule has 2 heterocycles. The number of nitrogens with two attached hydrogens (primary N) is 1. The van der Waals surface area contributed by atoms with Gasteiger partial charge < -0.3 is 15.8 Å². The summed E-state index contributed by atoms with van der Waals surface area (Å²) in [5, 5.41) is 7.27. The molecule has 7 heteroatoms. The topological polar surface area (TPSA) is 82.2 Å². The number of ether oxygens (including phenoxy) is 1. The van der Waals surface area contributed by atoms with Gasteiger partial charge >= 0.3 is 0 Å². The van der Waals surface area contributed by atoms with E-state index in [1.54, 1.807) is 13.1 Å². The highest BCUT2D eigenvalue weighted by Crippen LogP contribution is 2.36. The summed E-state index contributed by atoms with van der Waals surface area (Å²) in [6.07, 6.45) is 2.21. The molecular weight excluding hydrogens is 280 g/mol. The molecule has 2 aromatic rings. The van der Waals surface area contributed by atoms with Gasteiger partial charge in [-0.15, -0.1) is 0 Å². The predicted molar refractivity (Wildman–Crippen MR) is 76.2 cm³/mol. The number of nitrogen functional groups attached to an aromatic ring is 1. The molecule has 0 spiro atoms. The van der Waals surface area contributed by atoms with Crippen LogP contribution in [0.25, 0.3) is 0 Å². The van der Waals surface area contributed by atoms with Gasteiger partial charge in [-0.25, -0.2) is 0 Å². The number of carbonyl (C=O) groups is 1. The van der Waals surface area contributed by atoms with Crippen molar-refractivity contribution in [2.24, 2.45) is 7.05 Å². The number of anilines is 2. The molecule has 1 aliphatic heterocycles. The van der Waals surface area contributed by atoms with Crippen LogP contribution in [0, 0.1) is 0 Å². The Hall–Kier alpha value is -2.21. The Morgan fingerprint density at radius 3 is 3.05 bits per heavy atom. The molecule has 0 unspecified atom stereocenters. The number of benzene rings is 1. The lowest BCUT2D eigenvalue weighted by Gasteiger charge is -2.10. The highest BCUT2D eigenvalue weighted by atomic mass is 35.5. The second-order valence-corrected chi connectivity index (χ2v) is 5.00. The van der Waals surface area contributed by atoms with Gasteiger partial charge in [-0.3, -0.25) is 9.48 Å². The zero-order chi connectivity index (χ0) is 14.3. The van der Waals surface area contributed by atoms with E-state index >= 15 is 0 Å². The number of aryl methyl sites for hydroxylation is 1. The van der Waals surface area contributed by atoms with Crippen molar-refractivity contribution in [2.45, 2.75) is 6.42 Å². The third kappa shape index (κ3) is 2.08. The van der Waals surface area contributed by atoms with Gasteiger partial charge in [0.25, 0.3) is 5.91 Å². The fraction of sp³-hybridized carbons (Fsp3) is 0.231. The molecule has 3 rings (SSSR count). The monoisotopic (exact) mass is 292 g/mol. The van der Waals surface area contributed by atoms with E-state index in [4.69, 9.17) is 22.1 Å². The van der Waals surface area contributed by atoms with Crippen molar-refractivity contribution in [3.05, 3.63) is 34.5 Å². The van der Waals surface area contributed by atoms with Crippen LogP contribution in [0.5, 0.6) is 5.75 Å². The van der Waals surface area contributed by atoms with Crippen LogP contribution in [0.3, 0.4) is 0 Å². The number of aromatic nitrogens is 2. The van der Waals surface area contributed by atoms with E-state index in [2.05, 4.69) is 10.4 Å². The van der Waals surface area contributed by atoms with Gasteiger partial charge in [0.15, 0.2) is 0 Å². The zero-order valence-electron chi connectivity index (χ0n) is 10.8. The van der Waals surface area contributed by atoms with E-state index < -0.39 is 0 Å². The lowest BCUT2D eigenvalue weighted by Crippen LogP contribution is -2.14. The highest BCUT2D eigenvalue weighted by Gasteiger charge is 2.21. The Balaban J connectivity index is 1.92. The summed E-state index contributed by atoms with van der Waals surface area (Å²) in [6, 6.07) is 3.51. The second kappa shape index (κ2) is 4.72. The van der Waals surface area contributed by atoms with Crippen LogP contribution in [0.4, 0.5) is 11.5 Å². The second-order valence-electron chi connectivity index (χ2n) is 4.56. The number of fused-ring (bicyclic) bond motifs is 1. The summed E-state index contributed by atoms with van der Waals surface area (Å²) in [5.74, 6) is 0.642. The number of hydrogen-bond acceptors (Lipinski definition) is 4. The Kier molecular flexibility index (Phi) is 3.02. The average molecular weight is 293 g/mol. The molecule has 6 nitrogen and oxygen atoms in total. The van der Waals surface area contributed by atoms with Gasteiger partial charge in [0, 0.05) is 24.1 Å². The standard InChI is InChI=1S/C13H13ClN4O2/c1-18-12(15)9(6-16-18)13(19)17-10-5-8(14)4-7-2-3-20-11(7)10/h4-6H,2-3,15H2,1H3,(H,17,19). The van der Waals surface area contributed by atoms with Gasteiger partial charge in [0.1, 0.15) is 17.1 Å². The molecule has 0 saturated heterocycles. The summed E-state index contributed by atoms with van der Waals surface area (Å²) in [7, 11) is 1.67. The van der Waals surface area contributed by atoms with Crippen molar-refractivity contribution < 1.29 is 9.53 Å². The number of nitrogens with zero attached hydrogens (tertiary/aromatic N) is 2. The quantitative estimate of drug-likeness (QED) is 0.885. The maximum atomic E-state index is 12.2. The molecule has 20 heavy (non-hydrogen) atoms. The number of amides is 1. The minimum atomic E-state index is -0.337. The molecule has 1 amide bonds. The van der Waals surface area contributed by atoms with E-state index in [-0.39, 0.29) is 5.91 Å². The van der Waals surface area contributed by atoms with Crippen molar-refractivity contribution in [1.29, 1.82) is 0 Å². The molecule has 104 valence electrons. The summed E-state index contributed by atoms with van der Waals surface area (Å²) in [5.41, 5.74) is 7.65. The van der Waals surface area contributed by atoms with Crippen LogP contribution in [-0.2, 0) is 13.5 Å². The van der Waals surface area contributed by atoms with Crippen LogP contribution >= 0.6 is 11.6 Å². The lowest BCUT2D eigenvalue weighted by atomic mass is 10.1. The Morgan fingerprint density at radius 2 is 2.35 bits per heavy atom. The van der Waals surface area contributed by atoms with Crippen molar-refractivity contribution in [3.63, 3.8) is 0 Å². The van der Waals surface area contributed by atoms with Crippen LogP contribution in [0.2, 0.25) is 5.02 Å². The smallest absolute Gasteiger partial charge is 0.261 e. The van der Waals surface area contributed by atoms with Crippen LogP contribution in [0.15, 0.2) is 18.3 Å². The molecule has 0 radical (unpaired) electrons. The van der Waals surface area contributed by atoms with Crippen molar-refractivity contribution >= 4 is 29.0 Å². The van der Waals surface area contributed by atoms with E-state index in [0.29, 0.717) is 34.4 Å². The summed E-state index contributed by atoms with van der Waals surface area (Å²) in [4.78, 5) is 12.2. The molecule has 0 saturated carbocycles. The molecule has 0 aliphatic carbocycles. The number of rotatable bonds is 2. The van der Waals surface area contributed by atoms with Crippen molar-refractivity contribution in [3.8, 4) is 5.75 Å². The van der Waals surface area contributed by atoms with Crippen LogP contribution in [-0.4, -0.2) is 22.3 Å². The number of hydrogen-bond donors (Lipinski definition) is 2. The van der Waals surface area contributed by atoms with E-state index in [9.17, 15) is 4.79 Å². The van der Waals surface area contributed by atoms with Crippen LogP contribution in [0.1, 0.15) is 15.9 Å². The first-order valence-corrected chi connectivity index (χ1v) is 6.48. The van der Waals surface area contributed by atoms with Crippen LogP contribution < -0.4 is 15.8 Å². The van der Waals surface area contributed by atoms with Gasteiger partial charge in [0.05, 0.1) is 18.5 Å². The maximum absolute atomic E-state index is 12.2. The summed E-state index contributed by atoms with van der Waals surface area (Å²) >= 11 is 6.05. The summed E-state index contributed by atoms with van der Waals surface area (Å²) < 4.78 is 6.97. The normalized spacial score (nSPS) is 12.9. The van der Waals surface area contributed by atoms with E-state index in [1.807, 2.05) is 6.07 Å². The number of nitrogens with one attached hydrogen (secondary N) is 1. The third-order valence-corrected chi connectivity index (χ3v) is 3.44. The maximum Gasteiger partial charge on any atom is 0.261 e. The van der Waals surface area contributed by atoms with Gasteiger partial charge in [-0.1, -0.05) is 11.6 Å². The molecular formula is C13H13ClN4O2.